The summed E-state index contributed by atoms with van der Waals surface area (Å²) in [6.45, 7) is 6.60. The molecule has 0 spiro atoms. The summed E-state index contributed by atoms with van der Waals surface area (Å²) in [5.41, 5.74) is 2.57. The Hall–Kier alpha value is -2.30. The molecular formula is C15H18N2O3. The molecule has 0 saturated carbocycles. The second-order valence-electron chi connectivity index (χ2n) is 4.98. The largest absolute Gasteiger partial charge is 0.478 e. The molecule has 106 valence electrons. The maximum Gasteiger partial charge on any atom is 0.336 e. The molecule has 1 aromatic carbocycles. The van der Waals surface area contributed by atoms with Gasteiger partial charge in [-0.2, -0.15) is 0 Å². The van der Waals surface area contributed by atoms with Crippen molar-refractivity contribution in [3.8, 4) is 0 Å². The Kier molecular flexibility index (Phi) is 4.08. The molecule has 1 aliphatic heterocycles. The normalized spacial score (nSPS) is 13.6. The highest BCUT2D eigenvalue weighted by Gasteiger charge is 2.25. The zero-order valence-corrected chi connectivity index (χ0v) is 11.5. The van der Waals surface area contributed by atoms with Gasteiger partial charge in [0, 0.05) is 18.8 Å². The third-order valence-electron chi connectivity index (χ3n) is 3.27. The van der Waals surface area contributed by atoms with Crippen molar-refractivity contribution >= 4 is 17.7 Å². The number of hydrogen-bond donors (Lipinski definition) is 2. The van der Waals surface area contributed by atoms with Crippen LogP contribution in [-0.2, 0) is 6.42 Å². The fourth-order valence-electron chi connectivity index (χ4n) is 2.36. The van der Waals surface area contributed by atoms with E-state index >= 15 is 0 Å². The standard InChI is InChI=1S/C15H18N2O3/c1-10(2)9-16-15(20)17-8-4-6-11-12(14(18)19)5-3-7-13(11)17/h3,5,7H,1,4,6,8-9H2,2H3,(H,16,20)(H,18,19). The first-order valence-electron chi connectivity index (χ1n) is 6.55. The third-order valence-corrected chi connectivity index (χ3v) is 3.27. The number of amides is 2. The van der Waals surface area contributed by atoms with E-state index in [1.165, 1.54) is 0 Å². The topological polar surface area (TPSA) is 69.6 Å². The van der Waals surface area contributed by atoms with E-state index in [0.29, 0.717) is 25.2 Å². The molecule has 2 rings (SSSR count). The van der Waals surface area contributed by atoms with Crippen molar-refractivity contribution in [2.24, 2.45) is 0 Å². The quantitative estimate of drug-likeness (QED) is 0.832. The second-order valence-corrected chi connectivity index (χ2v) is 4.98. The molecule has 0 aliphatic carbocycles. The minimum absolute atomic E-state index is 0.212. The summed E-state index contributed by atoms with van der Waals surface area (Å²) >= 11 is 0. The van der Waals surface area contributed by atoms with E-state index < -0.39 is 5.97 Å². The number of carbonyl (C=O) groups is 2. The van der Waals surface area contributed by atoms with Gasteiger partial charge in [-0.1, -0.05) is 18.2 Å². The number of nitrogens with zero attached hydrogens (tertiary/aromatic N) is 1. The first-order chi connectivity index (χ1) is 9.50. The molecule has 5 nitrogen and oxygen atoms in total. The van der Waals surface area contributed by atoms with E-state index in [-0.39, 0.29) is 11.6 Å². The van der Waals surface area contributed by atoms with Gasteiger partial charge in [0.2, 0.25) is 0 Å². The van der Waals surface area contributed by atoms with Gasteiger partial charge in [-0.05, 0) is 37.5 Å². The van der Waals surface area contributed by atoms with Crippen LogP contribution < -0.4 is 10.2 Å². The summed E-state index contributed by atoms with van der Waals surface area (Å²) < 4.78 is 0. The van der Waals surface area contributed by atoms with Crippen molar-refractivity contribution in [2.45, 2.75) is 19.8 Å². The maximum absolute atomic E-state index is 12.2. The van der Waals surface area contributed by atoms with E-state index in [1.807, 2.05) is 6.92 Å². The van der Waals surface area contributed by atoms with Gasteiger partial charge in [0.05, 0.1) is 5.56 Å². The summed E-state index contributed by atoms with van der Waals surface area (Å²) in [5, 5.41) is 12.0. The van der Waals surface area contributed by atoms with Crippen molar-refractivity contribution in [3.05, 3.63) is 41.5 Å². The van der Waals surface area contributed by atoms with E-state index in [0.717, 1.165) is 17.6 Å². The predicted molar refractivity (Wildman–Crippen MR) is 77.3 cm³/mol. The lowest BCUT2D eigenvalue weighted by atomic mass is 9.96. The third kappa shape index (κ3) is 2.82. The number of anilines is 1. The zero-order chi connectivity index (χ0) is 14.7. The molecule has 5 heteroatoms. The number of benzene rings is 1. The molecule has 0 atom stereocenters. The van der Waals surface area contributed by atoms with E-state index in [9.17, 15) is 14.7 Å². The SMILES string of the molecule is C=C(C)CNC(=O)N1CCCc2c(C(=O)O)cccc21. The van der Waals surface area contributed by atoms with Gasteiger partial charge in [0.25, 0.3) is 0 Å². The lowest BCUT2D eigenvalue weighted by Crippen LogP contribution is -2.43. The van der Waals surface area contributed by atoms with Gasteiger partial charge in [-0.25, -0.2) is 9.59 Å². The highest BCUT2D eigenvalue weighted by Crippen LogP contribution is 2.29. The molecule has 1 heterocycles. The van der Waals surface area contributed by atoms with Crippen molar-refractivity contribution in [1.29, 1.82) is 0 Å². The minimum atomic E-state index is -0.953. The number of nitrogens with one attached hydrogen (secondary N) is 1. The van der Waals surface area contributed by atoms with Gasteiger partial charge >= 0.3 is 12.0 Å². The van der Waals surface area contributed by atoms with Crippen LogP contribution in [0, 0.1) is 0 Å². The maximum atomic E-state index is 12.2. The molecule has 20 heavy (non-hydrogen) atoms. The molecule has 0 saturated heterocycles. The van der Waals surface area contributed by atoms with Gasteiger partial charge in [-0.3, -0.25) is 4.90 Å². The average Bonchev–Trinajstić information content (AvgIpc) is 2.43. The molecule has 0 unspecified atom stereocenters. The van der Waals surface area contributed by atoms with Crippen LogP contribution in [0.3, 0.4) is 0 Å². The number of carboxylic acids is 1. The Labute approximate surface area is 117 Å². The number of aromatic carboxylic acids is 1. The number of hydrogen-bond acceptors (Lipinski definition) is 2. The van der Waals surface area contributed by atoms with Crippen molar-refractivity contribution in [3.63, 3.8) is 0 Å². The number of carbonyl (C=O) groups excluding carboxylic acids is 1. The average molecular weight is 274 g/mol. The van der Waals surface area contributed by atoms with Gasteiger partial charge in [0.1, 0.15) is 0 Å². The smallest absolute Gasteiger partial charge is 0.336 e. The second kappa shape index (κ2) is 5.77. The lowest BCUT2D eigenvalue weighted by molar-refractivity contribution is 0.0695. The zero-order valence-electron chi connectivity index (χ0n) is 11.5. The summed E-state index contributed by atoms with van der Waals surface area (Å²) in [6, 6.07) is 4.83. The fourth-order valence-corrected chi connectivity index (χ4v) is 2.36. The van der Waals surface area contributed by atoms with Crippen LogP contribution in [0.15, 0.2) is 30.4 Å². The molecule has 2 amide bonds. The van der Waals surface area contributed by atoms with Crippen LogP contribution in [0.5, 0.6) is 0 Å². The van der Waals surface area contributed by atoms with Crippen molar-refractivity contribution in [2.75, 3.05) is 18.0 Å². The Morgan fingerprint density at radius 2 is 2.20 bits per heavy atom. The molecule has 0 bridgehead atoms. The molecule has 1 aromatic rings. The first kappa shape index (κ1) is 14.1. The van der Waals surface area contributed by atoms with Crippen LogP contribution in [0.25, 0.3) is 0 Å². The van der Waals surface area contributed by atoms with Crippen molar-refractivity contribution in [1.82, 2.24) is 5.32 Å². The van der Waals surface area contributed by atoms with Crippen LogP contribution in [0.1, 0.15) is 29.3 Å². The van der Waals surface area contributed by atoms with Crippen LogP contribution >= 0.6 is 0 Å². The van der Waals surface area contributed by atoms with Crippen LogP contribution in [-0.4, -0.2) is 30.2 Å². The molecule has 1 aliphatic rings. The summed E-state index contributed by atoms with van der Waals surface area (Å²) in [4.78, 5) is 25.0. The molecule has 0 radical (unpaired) electrons. The van der Waals surface area contributed by atoms with Gasteiger partial charge in [-0.15, -0.1) is 0 Å². The van der Waals surface area contributed by atoms with Crippen LogP contribution in [0.4, 0.5) is 10.5 Å². The summed E-state index contributed by atoms with van der Waals surface area (Å²) in [5.74, 6) is -0.953. The van der Waals surface area contributed by atoms with Crippen molar-refractivity contribution < 1.29 is 14.7 Å². The Morgan fingerprint density at radius 3 is 2.85 bits per heavy atom. The number of urea groups is 1. The molecule has 0 aromatic heterocycles. The number of carboxylic acid groups (broad SMARTS) is 1. The fraction of sp³-hybridized carbons (Fsp3) is 0.333. The predicted octanol–water partition coefficient (Wildman–Crippen LogP) is 2.42. The minimum Gasteiger partial charge on any atom is -0.478 e. The van der Waals surface area contributed by atoms with E-state index in [1.54, 1.807) is 23.1 Å². The summed E-state index contributed by atoms with van der Waals surface area (Å²) in [6.07, 6.45) is 1.44. The Bertz CT molecular complexity index is 566. The molecular weight excluding hydrogens is 256 g/mol. The lowest BCUT2D eigenvalue weighted by Gasteiger charge is -2.30. The molecule has 0 fully saturated rings. The monoisotopic (exact) mass is 274 g/mol. The van der Waals surface area contributed by atoms with E-state index in [4.69, 9.17) is 0 Å². The first-order valence-corrected chi connectivity index (χ1v) is 6.55. The summed E-state index contributed by atoms with van der Waals surface area (Å²) in [7, 11) is 0. The highest BCUT2D eigenvalue weighted by molar-refractivity contribution is 5.97. The van der Waals surface area contributed by atoms with Crippen LogP contribution in [0.2, 0.25) is 0 Å². The Morgan fingerprint density at radius 1 is 1.45 bits per heavy atom. The highest BCUT2D eigenvalue weighted by atomic mass is 16.4. The molecule has 2 N–H and O–H groups in total. The Balaban J connectivity index is 2.29. The van der Waals surface area contributed by atoms with E-state index in [2.05, 4.69) is 11.9 Å². The van der Waals surface area contributed by atoms with Gasteiger partial charge in [0.15, 0.2) is 0 Å². The van der Waals surface area contributed by atoms with Gasteiger partial charge < -0.3 is 10.4 Å². The number of fused-ring (bicyclic) bond motifs is 1. The number of rotatable bonds is 3.